The van der Waals surface area contributed by atoms with E-state index in [-0.39, 0.29) is 11.3 Å². The second-order valence-corrected chi connectivity index (χ2v) is 9.18. The first-order chi connectivity index (χ1) is 11.1. The molecule has 0 unspecified atom stereocenters. The van der Waals surface area contributed by atoms with Crippen molar-refractivity contribution >= 4 is 46.8 Å². The molecule has 0 radical (unpaired) electrons. The molecular weight excluding hydrogens is 393 g/mol. The Labute approximate surface area is 157 Å². The van der Waals surface area contributed by atoms with Gasteiger partial charge in [-0.25, -0.2) is 4.79 Å². The summed E-state index contributed by atoms with van der Waals surface area (Å²) >= 11 is 17.6. The fourth-order valence-electron chi connectivity index (χ4n) is 2.42. The third-order valence-corrected chi connectivity index (χ3v) is 4.76. The number of rotatable bonds is 2. The van der Waals surface area contributed by atoms with Gasteiger partial charge in [0, 0.05) is 17.6 Å². The van der Waals surface area contributed by atoms with Crippen LogP contribution >= 0.6 is 46.8 Å². The highest BCUT2D eigenvalue weighted by Gasteiger charge is 2.27. The van der Waals surface area contributed by atoms with Gasteiger partial charge < -0.3 is 0 Å². The van der Waals surface area contributed by atoms with Crippen molar-refractivity contribution in [2.75, 3.05) is 0 Å². The molecule has 0 amide bonds. The zero-order chi connectivity index (χ0) is 18.2. The Balaban J connectivity index is 2.98. The third kappa shape index (κ3) is 3.50. The van der Waals surface area contributed by atoms with E-state index in [2.05, 4.69) is 0 Å². The normalized spacial score (nSPS) is 11.4. The Hall–Kier alpha value is -1.39. The number of halogens is 3. The van der Waals surface area contributed by atoms with E-state index in [0.717, 1.165) is 11.1 Å². The van der Waals surface area contributed by atoms with E-state index in [4.69, 9.17) is 34.8 Å². The van der Waals surface area contributed by atoms with Gasteiger partial charge in [0.15, 0.2) is 0 Å². The van der Waals surface area contributed by atoms with E-state index in [1.54, 1.807) is 0 Å². The largest absolute Gasteiger partial charge is 0.346 e. The van der Waals surface area contributed by atoms with Crippen molar-refractivity contribution < 1.29 is 0 Å². The van der Waals surface area contributed by atoms with E-state index in [1.807, 2.05) is 38.1 Å². The van der Waals surface area contributed by atoms with Gasteiger partial charge in [-0.05, 0) is 31.9 Å². The number of alkyl halides is 3. The predicted molar refractivity (Wildman–Crippen MR) is 98.5 cm³/mol. The molecule has 0 spiro atoms. The van der Waals surface area contributed by atoms with Crippen molar-refractivity contribution in [3.63, 3.8) is 0 Å². The number of hydrogen-bond acceptors (Lipinski definition) is 4. The third-order valence-electron chi connectivity index (χ3n) is 3.43. The van der Waals surface area contributed by atoms with Crippen molar-refractivity contribution in [1.29, 1.82) is 5.26 Å². The maximum absolute atomic E-state index is 12.9. The summed E-state index contributed by atoms with van der Waals surface area (Å²) in [7, 11) is 0. The van der Waals surface area contributed by atoms with Gasteiger partial charge >= 0.3 is 5.69 Å². The molecule has 1 heterocycles. The summed E-state index contributed by atoms with van der Waals surface area (Å²) in [6, 6.07) is 7.35. The molecule has 9 heteroatoms. The fourth-order valence-corrected chi connectivity index (χ4v) is 3.59. The molecule has 0 saturated carbocycles. The smallest absolute Gasteiger partial charge is 0.267 e. The zero-order valence-corrected chi connectivity index (χ0v) is 16.0. The standard InChI is InChI=1S/C15H12Cl3N3O2S/c1-8-5-4-6-9(2)12(8)20-10(3)11(7-19)13(22)21(14(20)23)24-15(16,17)18/h4-6H,1-3H3. The van der Waals surface area contributed by atoms with Gasteiger partial charge in [0.05, 0.1) is 5.69 Å². The van der Waals surface area contributed by atoms with Crippen molar-refractivity contribution in [3.05, 3.63) is 61.4 Å². The number of nitrogens with zero attached hydrogens (tertiary/aromatic N) is 3. The first-order valence-corrected chi connectivity index (χ1v) is 8.60. The maximum Gasteiger partial charge on any atom is 0.346 e. The monoisotopic (exact) mass is 403 g/mol. The lowest BCUT2D eigenvalue weighted by atomic mass is 10.1. The Bertz CT molecular complexity index is 948. The summed E-state index contributed by atoms with van der Waals surface area (Å²) < 4.78 is 0.0715. The zero-order valence-electron chi connectivity index (χ0n) is 12.9. The fraction of sp³-hybridized carbons (Fsp3) is 0.267. The van der Waals surface area contributed by atoms with Crippen LogP contribution in [0.5, 0.6) is 0 Å². The molecule has 0 aliphatic rings. The van der Waals surface area contributed by atoms with E-state index in [1.165, 1.54) is 11.5 Å². The molecule has 0 bridgehead atoms. The van der Waals surface area contributed by atoms with Crippen LogP contribution in [0.4, 0.5) is 0 Å². The van der Waals surface area contributed by atoms with Gasteiger partial charge in [0.25, 0.3) is 8.68 Å². The summed E-state index contributed by atoms with van der Waals surface area (Å²) in [6.45, 7) is 5.20. The summed E-state index contributed by atoms with van der Waals surface area (Å²) in [4.78, 5) is 25.3. The highest BCUT2D eigenvalue weighted by Crippen LogP contribution is 2.38. The van der Waals surface area contributed by atoms with Crippen molar-refractivity contribution in [1.82, 2.24) is 8.54 Å². The molecule has 1 aromatic heterocycles. The second-order valence-electron chi connectivity index (χ2n) is 5.07. The topological polar surface area (TPSA) is 67.8 Å². The first-order valence-electron chi connectivity index (χ1n) is 6.70. The average molecular weight is 405 g/mol. The van der Waals surface area contributed by atoms with Crippen molar-refractivity contribution in [2.45, 2.75) is 23.9 Å². The van der Waals surface area contributed by atoms with Gasteiger partial charge in [-0.1, -0.05) is 53.0 Å². The number of nitriles is 1. The molecule has 0 atom stereocenters. The van der Waals surface area contributed by atoms with Crippen LogP contribution in [0.3, 0.4) is 0 Å². The van der Waals surface area contributed by atoms with Crippen LogP contribution in [0.25, 0.3) is 5.69 Å². The lowest BCUT2D eigenvalue weighted by Gasteiger charge is -2.19. The van der Waals surface area contributed by atoms with E-state index >= 15 is 0 Å². The number of aromatic nitrogens is 2. The summed E-state index contributed by atoms with van der Waals surface area (Å²) in [5, 5.41) is 9.34. The Kier molecular flexibility index (Phi) is 5.41. The van der Waals surface area contributed by atoms with Crippen LogP contribution in [0.15, 0.2) is 27.8 Å². The van der Waals surface area contributed by atoms with E-state index in [0.29, 0.717) is 21.6 Å². The molecule has 2 aromatic rings. The van der Waals surface area contributed by atoms with Crippen LogP contribution < -0.4 is 11.2 Å². The maximum atomic E-state index is 12.9. The number of benzene rings is 1. The highest BCUT2D eigenvalue weighted by atomic mass is 35.6. The first kappa shape index (κ1) is 18.9. The van der Waals surface area contributed by atoms with Crippen LogP contribution in [0, 0.1) is 32.1 Å². The lowest BCUT2D eigenvalue weighted by Crippen LogP contribution is -2.40. The van der Waals surface area contributed by atoms with Gasteiger partial charge in [0.1, 0.15) is 11.6 Å². The molecule has 2 rings (SSSR count). The van der Waals surface area contributed by atoms with E-state index < -0.39 is 14.4 Å². The highest BCUT2D eigenvalue weighted by molar-refractivity contribution is 8.03. The van der Waals surface area contributed by atoms with Gasteiger partial charge in [-0.2, -0.15) is 9.23 Å². The lowest BCUT2D eigenvalue weighted by molar-refractivity contribution is 0.814. The molecule has 0 fully saturated rings. The Morgan fingerprint density at radius 3 is 2.12 bits per heavy atom. The van der Waals surface area contributed by atoms with Crippen LogP contribution in [0.2, 0.25) is 0 Å². The molecule has 1 aromatic carbocycles. The minimum absolute atomic E-state index is 0.181. The number of hydrogen-bond donors (Lipinski definition) is 0. The molecule has 5 nitrogen and oxygen atoms in total. The van der Waals surface area contributed by atoms with Crippen LogP contribution in [0.1, 0.15) is 22.4 Å². The number of aryl methyl sites for hydroxylation is 2. The SMILES string of the molecule is Cc1cccc(C)c1-n1c(C)c(C#N)c(=O)n(SC(Cl)(Cl)Cl)c1=O. The molecule has 0 aliphatic heterocycles. The quantitative estimate of drug-likeness (QED) is 0.717. The van der Waals surface area contributed by atoms with Gasteiger partial charge in [0.2, 0.25) is 0 Å². The molecule has 0 saturated heterocycles. The minimum Gasteiger partial charge on any atom is -0.267 e. The van der Waals surface area contributed by atoms with Gasteiger partial charge in [-0.3, -0.25) is 9.36 Å². The molecule has 0 aliphatic carbocycles. The molecule has 126 valence electrons. The predicted octanol–water partition coefficient (Wildman–Crippen LogP) is 3.62. The van der Waals surface area contributed by atoms with Crippen molar-refractivity contribution in [3.8, 4) is 11.8 Å². The summed E-state index contributed by atoms with van der Waals surface area (Å²) in [6.07, 6.45) is 0. The molecule has 24 heavy (non-hydrogen) atoms. The van der Waals surface area contributed by atoms with Crippen LogP contribution in [-0.2, 0) is 0 Å². The van der Waals surface area contributed by atoms with E-state index in [9.17, 15) is 14.9 Å². The van der Waals surface area contributed by atoms with Crippen LogP contribution in [-0.4, -0.2) is 11.7 Å². The van der Waals surface area contributed by atoms with Crippen molar-refractivity contribution in [2.24, 2.45) is 0 Å². The Morgan fingerprint density at radius 2 is 1.67 bits per heavy atom. The molecular formula is C15H12Cl3N3O2S. The number of para-hydroxylation sites is 1. The Morgan fingerprint density at radius 1 is 1.12 bits per heavy atom. The summed E-state index contributed by atoms with van der Waals surface area (Å²) in [5.74, 6) is 0. The minimum atomic E-state index is -1.93. The second kappa shape index (κ2) is 6.85. The average Bonchev–Trinajstić information content (AvgIpc) is 2.46. The van der Waals surface area contributed by atoms with Gasteiger partial charge in [-0.15, -0.1) is 0 Å². The molecule has 0 N–H and O–H groups in total. The summed E-state index contributed by atoms with van der Waals surface area (Å²) in [5.41, 5.74) is 0.783.